The third-order valence-electron chi connectivity index (χ3n) is 3.52. The number of benzene rings is 2. The standard InChI is InChI=1S/C19H16BrFN2OS2/c20-14-5-3-13(4-6-14)17-12-26-19(22-17)23-18(24)2-1-11-25-16-9-7-15(21)8-10-16/h3-10,12H,1-2,11H2,(H,22,23,24). The summed E-state index contributed by atoms with van der Waals surface area (Å²) in [6, 6.07) is 14.3. The minimum Gasteiger partial charge on any atom is -0.302 e. The maximum atomic E-state index is 12.8. The second-order valence-electron chi connectivity index (χ2n) is 5.50. The van der Waals surface area contributed by atoms with Crippen LogP contribution in [0.15, 0.2) is 63.3 Å². The first-order valence-electron chi connectivity index (χ1n) is 8.00. The smallest absolute Gasteiger partial charge is 0.226 e. The van der Waals surface area contributed by atoms with Gasteiger partial charge in [0.15, 0.2) is 5.13 Å². The summed E-state index contributed by atoms with van der Waals surface area (Å²) in [5, 5.41) is 5.39. The van der Waals surface area contributed by atoms with Crippen molar-refractivity contribution < 1.29 is 9.18 Å². The molecule has 3 rings (SSSR count). The van der Waals surface area contributed by atoms with Crippen molar-refractivity contribution in [2.45, 2.75) is 17.7 Å². The van der Waals surface area contributed by atoms with Gasteiger partial charge in [0.05, 0.1) is 5.69 Å². The van der Waals surface area contributed by atoms with Crippen LogP contribution in [0.3, 0.4) is 0 Å². The summed E-state index contributed by atoms with van der Waals surface area (Å²) in [5.74, 6) is 0.530. The second-order valence-corrected chi connectivity index (χ2v) is 8.44. The zero-order chi connectivity index (χ0) is 18.4. The van der Waals surface area contributed by atoms with E-state index in [0.717, 1.165) is 32.8 Å². The van der Waals surface area contributed by atoms with Crippen LogP contribution < -0.4 is 5.32 Å². The van der Waals surface area contributed by atoms with Gasteiger partial charge in [-0.3, -0.25) is 4.79 Å². The quantitative estimate of drug-likeness (QED) is 0.342. The van der Waals surface area contributed by atoms with Crippen molar-refractivity contribution in [3.8, 4) is 11.3 Å². The molecule has 7 heteroatoms. The van der Waals surface area contributed by atoms with Crippen molar-refractivity contribution in [3.05, 3.63) is 64.2 Å². The van der Waals surface area contributed by atoms with E-state index in [2.05, 4.69) is 26.2 Å². The second kappa shape index (κ2) is 9.30. The van der Waals surface area contributed by atoms with Crippen molar-refractivity contribution in [3.63, 3.8) is 0 Å². The molecule has 134 valence electrons. The predicted octanol–water partition coefficient (Wildman–Crippen LogP) is 6.22. The highest BCUT2D eigenvalue weighted by Crippen LogP contribution is 2.26. The fourth-order valence-electron chi connectivity index (χ4n) is 2.22. The summed E-state index contributed by atoms with van der Waals surface area (Å²) in [5.41, 5.74) is 1.87. The molecule has 0 atom stereocenters. The Balaban J connectivity index is 1.43. The number of anilines is 1. The van der Waals surface area contributed by atoms with E-state index >= 15 is 0 Å². The number of hydrogen-bond donors (Lipinski definition) is 1. The van der Waals surface area contributed by atoms with Gasteiger partial charge in [0.25, 0.3) is 0 Å². The highest BCUT2D eigenvalue weighted by molar-refractivity contribution is 9.10. The Morgan fingerprint density at radius 3 is 2.62 bits per heavy atom. The molecule has 1 N–H and O–H groups in total. The van der Waals surface area contributed by atoms with Gasteiger partial charge in [-0.1, -0.05) is 28.1 Å². The molecule has 3 nitrogen and oxygen atoms in total. The van der Waals surface area contributed by atoms with E-state index in [1.807, 2.05) is 29.6 Å². The number of halogens is 2. The van der Waals surface area contributed by atoms with Crippen molar-refractivity contribution in [1.29, 1.82) is 0 Å². The van der Waals surface area contributed by atoms with E-state index in [9.17, 15) is 9.18 Å². The molecule has 1 amide bonds. The summed E-state index contributed by atoms with van der Waals surface area (Å²) in [6.07, 6.45) is 1.18. The van der Waals surface area contributed by atoms with Gasteiger partial charge in [-0.2, -0.15) is 0 Å². The zero-order valence-corrected chi connectivity index (χ0v) is 17.0. The molecule has 0 unspecified atom stereocenters. The lowest BCUT2D eigenvalue weighted by Crippen LogP contribution is -2.11. The fourth-order valence-corrected chi connectivity index (χ4v) is 4.07. The summed E-state index contributed by atoms with van der Waals surface area (Å²) in [6.45, 7) is 0. The molecular weight excluding hydrogens is 435 g/mol. The van der Waals surface area contributed by atoms with Crippen molar-refractivity contribution >= 4 is 50.1 Å². The molecule has 0 aliphatic carbocycles. The summed E-state index contributed by atoms with van der Waals surface area (Å²) in [7, 11) is 0. The van der Waals surface area contributed by atoms with Crippen LogP contribution in [-0.4, -0.2) is 16.6 Å². The van der Waals surface area contributed by atoms with Crippen LogP contribution >= 0.6 is 39.0 Å². The van der Waals surface area contributed by atoms with Gasteiger partial charge in [-0.05, 0) is 48.6 Å². The van der Waals surface area contributed by atoms with Crippen molar-refractivity contribution in [2.24, 2.45) is 0 Å². The number of hydrogen-bond acceptors (Lipinski definition) is 4. The van der Waals surface area contributed by atoms with Gasteiger partial charge >= 0.3 is 0 Å². The Labute approximate surface area is 168 Å². The van der Waals surface area contributed by atoms with Crippen LogP contribution in [0.2, 0.25) is 0 Å². The Kier molecular flexibility index (Phi) is 6.82. The van der Waals surface area contributed by atoms with Crippen LogP contribution in [0.1, 0.15) is 12.8 Å². The van der Waals surface area contributed by atoms with Crippen LogP contribution in [0.4, 0.5) is 9.52 Å². The van der Waals surface area contributed by atoms with E-state index in [4.69, 9.17) is 0 Å². The number of carbonyl (C=O) groups is 1. The van der Waals surface area contributed by atoms with Crippen LogP contribution in [0, 0.1) is 5.82 Å². The Hall–Kier alpha value is -1.70. The molecule has 1 aromatic heterocycles. The summed E-state index contributed by atoms with van der Waals surface area (Å²) < 4.78 is 13.9. The van der Waals surface area contributed by atoms with E-state index in [-0.39, 0.29) is 11.7 Å². The average molecular weight is 451 g/mol. The first kappa shape index (κ1) is 19.1. The minimum absolute atomic E-state index is 0.0404. The molecule has 26 heavy (non-hydrogen) atoms. The number of rotatable bonds is 7. The Morgan fingerprint density at radius 2 is 1.88 bits per heavy atom. The number of nitrogens with zero attached hydrogens (tertiary/aromatic N) is 1. The molecule has 2 aromatic carbocycles. The number of aromatic nitrogens is 1. The van der Waals surface area contributed by atoms with Gasteiger partial charge < -0.3 is 5.32 Å². The lowest BCUT2D eigenvalue weighted by atomic mass is 10.2. The van der Waals surface area contributed by atoms with Crippen molar-refractivity contribution in [2.75, 3.05) is 11.1 Å². The third kappa shape index (κ3) is 5.65. The molecule has 3 aromatic rings. The number of amides is 1. The molecule has 0 fully saturated rings. The zero-order valence-electron chi connectivity index (χ0n) is 13.7. The largest absolute Gasteiger partial charge is 0.302 e. The number of carbonyl (C=O) groups excluding carboxylic acids is 1. The third-order valence-corrected chi connectivity index (χ3v) is 5.91. The van der Waals surface area contributed by atoms with Gasteiger partial charge in [0, 0.05) is 26.7 Å². The normalized spacial score (nSPS) is 10.7. The van der Waals surface area contributed by atoms with Crippen LogP contribution in [-0.2, 0) is 4.79 Å². The van der Waals surface area contributed by atoms with Gasteiger partial charge in [0.2, 0.25) is 5.91 Å². The summed E-state index contributed by atoms with van der Waals surface area (Å²) >= 11 is 6.45. The highest BCUT2D eigenvalue weighted by Gasteiger charge is 2.08. The SMILES string of the molecule is O=C(CCCSc1ccc(F)cc1)Nc1nc(-c2ccc(Br)cc2)cs1. The van der Waals surface area contributed by atoms with Gasteiger partial charge in [-0.25, -0.2) is 9.37 Å². The van der Waals surface area contributed by atoms with Crippen LogP contribution in [0.25, 0.3) is 11.3 Å². The maximum Gasteiger partial charge on any atom is 0.226 e. The maximum absolute atomic E-state index is 12.8. The molecule has 0 radical (unpaired) electrons. The molecule has 0 saturated heterocycles. The molecule has 0 spiro atoms. The van der Waals surface area contributed by atoms with Gasteiger partial charge in [-0.15, -0.1) is 23.1 Å². The predicted molar refractivity (Wildman–Crippen MR) is 110 cm³/mol. The molecular formula is C19H16BrFN2OS2. The van der Waals surface area contributed by atoms with Gasteiger partial charge in [0.1, 0.15) is 5.82 Å². The Morgan fingerprint density at radius 1 is 1.15 bits per heavy atom. The first-order chi connectivity index (χ1) is 12.6. The molecule has 1 heterocycles. The van der Waals surface area contributed by atoms with E-state index in [1.54, 1.807) is 23.9 Å². The van der Waals surface area contributed by atoms with E-state index < -0.39 is 0 Å². The molecule has 0 saturated carbocycles. The molecule has 0 aliphatic heterocycles. The average Bonchev–Trinajstić information content (AvgIpc) is 3.09. The van der Waals surface area contributed by atoms with E-state index in [1.165, 1.54) is 23.5 Å². The first-order valence-corrected chi connectivity index (χ1v) is 10.7. The Bertz CT molecular complexity index is 866. The number of nitrogens with one attached hydrogen (secondary N) is 1. The topological polar surface area (TPSA) is 42.0 Å². The monoisotopic (exact) mass is 450 g/mol. The number of thioether (sulfide) groups is 1. The lowest BCUT2D eigenvalue weighted by Gasteiger charge is -2.03. The highest BCUT2D eigenvalue weighted by atomic mass is 79.9. The summed E-state index contributed by atoms with van der Waals surface area (Å²) in [4.78, 5) is 17.5. The minimum atomic E-state index is -0.236. The lowest BCUT2D eigenvalue weighted by molar-refractivity contribution is -0.116. The van der Waals surface area contributed by atoms with E-state index in [0.29, 0.717) is 11.6 Å². The molecule has 0 bridgehead atoms. The molecule has 0 aliphatic rings. The van der Waals surface area contributed by atoms with Crippen LogP contribution in [0.5, 0.6) is 0 Å². The number of thiazole rings is 1. The van der Waals surface area contributed by atoms with Crippen molar-refractivity contribution in [1.82, 2.24) is 4.98 Å². The fraction of sp³-hybridized carbons (Fsp3) is 0.158.